The molecule has 0 fully saturated rings. The van der Waals surface area contributed by atoms with Crippen LogP contribution in [0.4, 0.5) is 0 Å². The van der Waals surface area contributed by atoms with Crippen LogP contribution < -0.4 is 0 Å². The minimum atomic E-state index is 0. The Balaban J connectivity index is -0.0000000450. The molecule has 0 bridgehead atoms. The molecule has 6 heavy (non-hydrogen) atoms. The number of rotatable bonds is 0. The van der Waals surface area contributed by atoms with Gasteiger partial charge in [-0.15, -0.1) is 0 Å². The Morgan fingerprint density at radius 1 is 1.00 bits per heavy atom. The second-order valence-corrected chi connectivity index (χ2v) is 1.34. The topological polar surface area (TPSA) is 3.24 Å². The van der Waals surface area contributed by atoms with Crippen LogP contribution in [0, 0.1) is 0 Å². The summed E-state index contributed by atoms with van der Waals surface area (Å²) in [7, 11) is 6.00. The Hall–Kier alpha value is 0.583. The molecule has 0 aliphatic heterocycles. The van der Waals surface area contributed by atoms with Crippen molar-refractivity contribution < 1.29 is 19.5 Å². The molecule has 0 aliphatic rings. The molecule has 0 atom stereocenters. The zero-order valence-electron chi connectivity index (χ0n) is 3.78. The zero-order chi connectivity index (χ0) is 3.58. The molecule has 1 radical (unpaired) electrons. The van der Waals surface area contributed by atoms with Crippen molar-refractivity contribution in [3.8, 4) is 0 Å². The van der Waals surface area contributed by atoms with Gasteiger partial charge in [-0.2, -0.15) is 0 Å². The summed E-state index contributed by atoms with van der Waals surface area (Å²) in [5.74, 6) is 0. The molecular formula is C4H13NRh. The van der Waals surface area contributed by atoms with Gasteiger partial charge in [0.1, 0.15) is 0 Å². The monoisotopic (exact) mass is 178 g/mol. The molecule has 0 rings (SSSR count). The Labute approximate surface area is 53.5 Å². The van der Waals surface area contributed by atoms with Crippen LogP contribution in [0.1, 0.15) is 7.43 Å². The first-order valence-electron chi connectivity index (χ1n) is 1.34. The van der Waals surface area contributed by atoms with Gasteiger partial charge in [0.15, 0.2) is 0 Å². The summed E-state index contributed by atoms with van der Waals surface area (Å²) >= 11 is 0. The second-order valence-electron chi connectivity index (χ2n) is 1.34. The van der Waals surface area contributed by atoms with E-state index in [9.17, 15) is 0 Å². The first-order valence-corrected chi connectivity index (χ1v) is 1.34. The van der Waals surface area contributed by atoms with Gasteiger partial charge in [-0.1, -0.05) is 7.43 Å². The molecule has 0 saturated carbocycles. The summed E-state index contributed by atoms with van der Waals surface area (Å²) in [5, 5.41) is 0. The van der Waals surface area contributed by atoms with Crippen LogP contribution in [0.3, 0.4) is 0 Å². The third kappa shape index (κ3) is 173. The van der Waals surface area contributed by atoms with Crippen molar-refractivity contribution in [2.24, 2.45) is 0 Å². The van der Waals surface area contributed by atoms with Gasteiger partial charge >= 0.3 is 0 Å². The summed E-state index contributed by atoms with van der Waals surface area (Å²) < 4.78 is 0. The molecule has 0 amide bonds. The average Bonchev–Trinajstić information content (AvgIpc) is 0.811. The van der Waals surface area contributed by atoms with E-state index in [1.54, 1.807) is 0 Å². The van der Waals surface area contributed by atoms with E-state index < -0.39 is 0 Å². The van der Waals surface area contributed by atoms with E-state index in [0.717, 1.165) is 0 Å². The molecule has 0 aromatic carbocycles. The van der Waals surface area contributed by atoms with Crippen molar-refractivity contribution in [1.82, 2.24) is 4.90 Å². The maximum absolute atomic E-state index is 2.00. The first kappa shape index (κ1) is 16.0. The SMILES string of the molecule is C.CN(C)C.[Rh]. The molecule has 0 heterocycles. The maximum atomic E-state index is 2.00. The Kier molecular flexibility index (Phi) is 24.3. The number of hydrogen-bond acceptors (Lipinski definition) is 1. The van der Waals surface area contributed by atoms with Gasteiger partial charge in [-0.3, -0.25) is 0 Å². The van der Waals surface area contributed by atoms with Gasteiger partial charge < -0.3 is 4.90 Å². The van der Waals surface area contributed by atoms with Crippen LogP contribution in [0.2, 0.25) is 0 Å². The summed E-state index contributed by atoms with van der Waals surface area (Å²) in [5.41, 5.74) is 0. The van der Waals surface area contributed by atoms with Gasteiger partial charge in [-0.25, -0.2) is 0 Å². The molecule has 0 aromatic heterocycles. The minimum absolute atomic E-state index is 0. The Morgan fingerprint density at radius 2 is 1.00 bits per heavy atom. The first-order chi connectivity index (χ1) is 1.73. The van der Waals surface area contributed by atoms with E-state index >= 15 is 0 Å². The van der Waals surface area contributed by atoms with Gasteiger partial charge in [0.25, 0.3) is 0 Å². The van der Waals surface area contributed by atoms with Crippen LogP contribution in [0.15, 0.2) is 0 Å². The molecule has 43 valence electrons. The van der Waals surface area contributed by atoms with Crippen molar-refractivity contribution in [2.75, 3.05) is 21.1 Å². The third-order valence-corrected chi connectivity index (χ3v) is 0. The van der Waals surface area contributed by atoms with Crippen molar-refractivity contribution >= 4 is 0 Å². The molecule has 0 aromatic rings. The smallest absolute Gasteiger partial charge is 0 e. The minimum Gasteiger partial charge on any atom is -0.312 e. The largest absolute Gasteiger partial charge is 0.312 e. The molecule has 2 heteroatoms. The summed E-state index contributed by atoms with van der Waals surface area (Å²) in [6.45, 7) is 0. The van der Waals surface area contributed by atoms with Gasteiger partial charge in [0, 0.05) is 19.5 Å². The number of hydrogen-bond donors (Lipinski definition) is 0. The van der Waals surface area contributed by atoms with Crippen molar-refractivity contribution in [2.45, 2.75) is 7.43 Å². The fourth-order valence-electron chi connectivity index (χ4n) is 0. The van der Waals surface area contributed by atoms with Crippen molar-refractivity contribution in [1.29, 1.82) is 0 Å². The van der Waals surface area contributed by atoms with Gasteiger partial charge in [0.2, 0.25) is 0 Å². The normalized spacial score (nSPS) is 6.00. The molecule has 0 N–H and O–H groups in total. The second kappa shape index (κ2) is 9.13. The summed E-state index contributed by atoms with van der Waals surface area (Å²) in [4.78, 5) is 2.00. The average molecular weight is 178 g/mol. The van der Waals surface area contributed by atoms with Crippen LogP contribution in [0.25, 0.3) is 0 Å². The molecule has 0 unspecified atom stereocenters. The van der Waals surface area contributed by atoms with Gasteiger partial charge in [-0.05, 0) is 21.1 Å². The molecular weight excluding hydrogens is 165 g/mol. The van der Waals surface area contributed by atoms with Crippen molar-refractivity contribution in [3.63, 3.8) is 0 Å². The van der Waals surface area contributed by atoms with E-state index in [1.807, 2.05) is 26.0 Å². The Bertz CT molecular complexity index is 12.3. The van der Waals surface area contributed by atoms with E-state index in [-0.39, 0.29) is 26.9 Å². The standard InChI is InChI=1S/C3H9N.CH4.Rh/c1-4(2)3;;/h1-3H3;1H4;. The van der Waals surface area contributed by atoms with Crippen LogP contribution in [-0.4, -0.2) is 26.0 Å². The van der Waals surface area contributed by atoms with Gasteiger partial charge in [0.05, 0.1) is 0 Å². The quantitative estimate of drug-likeness (QED) is 0.496. The molecule has 1 nitrogen and oxygen atoms in total. The molecule has 0 aliphatic carbocycles. The number of nitrogens with zero attached hydrogens (tertiary/aromatic N) is 1. The summed E-state index contributed by atoms with van der Waals surface area (Å²) in [6, 6.07) is 0. The summed E-state index contributed by atoms with van der Waals surface area (Å²) in [6.07, 6.45) is 0. The van der Waals surface area contributed by atoms with Crippen LogP contribution in [-0.2, 0) is 19.5 Å². The van der Waals surface area contributed by atoms with E-state index in [0.29, 0.717) is 0 Å². The molecule has 0 spiro atoms. The van der Waals surface area contributed by atoms with E-state index in [1.165, 1.54) is 0 Å². The van der Waals surface area contributed by atoms with Crippen LogP contribution >= 0.6 is 0 Å². The molecule has 0 saturated heterocycles. The third-order valence-electron chi connectivity index (χ3n) is 0. The maximum Gasteiger partial charge on any atom is 0 e. The van der Waals surface area contributed by atoms with Crippen molar-refractivity contribution in [3.05, 3.63) is 0 Å². The predicted molar refractivity (Wildman–Crippen MR) is 26.3 cm³/mol. The van der Waals surface area contributed by atoms with E-state index in [4.69, 9.17) is 0 Å². The Morgan fingerprint density at radius 3 is 1.00 bits per heavy atom. The van der Waals surface area contributed by atoms with E-state index in [2.05, 4.69) is 0 Å². The fraction of sp³-hybridized carbons (Fsp3) is 1.00. The van der Waals surface area contributed by atoms with Crippen LogP contribution in [0.5, 0.6) is 0 Å². The fourth-order valence-corrected chi connectivity index (χ4v) is 0. The zero-order valence-corrected chi connectivity index (χ0v) is 5.42. The predicted octanol–water partition coefficient (Wildman–Crippen LogP) is 0.811.